The van der Waals surface area contributed by atoms with Crippen LogP contribution in [0, 0.1) is 6.92 Å². The van der Waals surface area contributed by atoms with E-state index in [4.69, 9.17) is 9.36 Å². The van der Waals surface area contributed by atoms with Gasteiger partial charge in [-0.3, -0.25) is 23.0 Å². The van der Waals surface area contributed by atoms with Gasteiger partial charge >= 0.3 is 14.7 Å². The van der Waals surface area contributed by atoms with Crippen molar-refractivity contribution in [3.63, 3.8) is 0 Å². The van der Waals surface area contributed by atoms with Gasteiger partial charge in [0.2, 0.25) is 5.69 Å². The van der Waals surface area contributed by atoms with Gasteiger partial charge in [0, 0.05) is 53.9 Å². The highest BCUT2D eigenvalue weighted by Crippen LogP contribution is 2.51. The number of thiol groups is 1. The Morgan fingerprint density at radius 1 is 0.852 bits per heavy atom. The summed E-state index contributed by atoms with van der Waals surface area (Å²) in [4.78, 5) is 20.3. The van der Waals surface area contributed by atoms with E-state index in [9.17, 15) is 48.3 Å². The summed E-state index contributed by atoms with van der Waals surface area (Å²) in [5.41, 5.74) is 4.56. The molecular weight excluding hydrogens is 890 g/mol. The Morgan fingerprint density at radius 2 is 1.56 bits per heavy atom. The molecule has 336 valence electrons. The number of benzene rings is 2. The Hall–Kier alpha value is -3.30. The molecule has 2 atom stereocenters. The summed E-state index contributed by atoms with van der Waals surface area (Å²) in [5.74, 6) is -1.19. The predicted octanol–water partition coefficient (Wildman–Crippen LogP) is 7.16. The van der Waals surface area contributed by atoms with Gasteiger partial charge in [-0.25, -0.2) is 4.57 Å². The van der Waals surface area contributed by atoms with Crippen molar-refractivity contribution in [2.24, 2.45) is 0 Å². The number of allylic oxidation sites excluding steroid dienone is 6. The number of anilines is 1. The van der Waals surface area contributed by atoms with Crippen LogP contribution in [0.2, 0.25) is 0 Å². The van der Waals surface area contributed by atoms with Gasteiger partial charge in [-0.15, -0.1) is 0 Å². The largest absolute Gasteiger partial charge is 0.360 e. The fourth-order valence-electron chi connectivity index (χ4n) is 8.15. The van der Waals surface area contributed by atoms with Crippen LogP contribution in [-0.2, 0) is 59.9 Å². The number of hydrogen-bond acceptors (Lipinski definition) is 13. The molecule has 2 heterocycles. The van der Waals surface area contributed by atoms with Crippen LogP contribution in [0.4, 0.5) is 11.4 Å². The Kier molecular flexibility index (Phi) is 18.0. The summed E-state index contributed by atoms with van der Waals surface area (Å²) in [5, 5.41) is 0. The zero-order chi connectivity index (χ0) is 45.1. The molecule has 0 amide bonds. The van der Waals surface area contributed by atoms with Crippen molar-refractivity contribution in [3.05, 3.63) is 89.2 Å². The molecule has 0 aliphatic carbocycles. The van der Waals surface area contributed by atoms with Crippen molar-refractivity contribution < 1.29 is 62.2 Å². The van der Waals surface area contributed by atoms with Crippen molar-refractivity contribution in [2.75, 3.05) is 36.1 Å². The van der Waals surface area contributed by atoms with Crippen molar-refractivity contribution in [1.82, 2.24) is 4.89 Å². The number of hydrogen-bond donors (Lipinski definition) is 5. The van der Waals surface area contributed by atoms with E-state index in [1.807, 2.05) is 55.2 Å². The third-order valence-electron chi connectivity index (χ3n) is 11.2. The van der Waals surface area contributed by atoms with Gasteiger partial charge in [0.1, 0.15) is 6.54 Å². The maximum Gasteiger partial charge on any atom is 0.327 e. The molecule has 61 heavy (non-hydrogen) atoms. The summed E-state index contributed by atoms with van der Waals surface area (Å²) in [7, 11) is -13.4. The number of unbranched alkanes of at least 4 members (excludes halogenated alkanes) is 4. The number of rotatable bonds is 25. The molecule has 0 spiro atoms. The molecule has 0 saturated heterocycles. The first-order valence-corrected chi connectivity index (χ1v) is 25.6. The van der Waals surface area contributed by atoms with Crippen LogP contribution in [0.5, 0.6) is 0 Å². The smallest absolute Gasteiger partial charge is 0.327 e. The first-order chi connectivity index (χ1) is 28.6. The Balaban J connectivity index is 1.75. The third-order valence-corrected chi connectivity index (χ3v) is 14.0. The van der Waals surface area contributed by atoms with E-state index in [0.717, 1.165) is 35.4 Å². The topological polar surface area (TPSA) is 234 Å². The normalized spacial score (nSPS) is 20.1. The van der Waals surface area contributed by atoms with E-state index in [2.05, 4.69) is 41.3 Å². The monoisotopic (exact) mass is 944 g/mol. The molecule has 2 aromatic rings. The summed E-state index contributed by atoms with van der Waals surface area (Å²) >= 11 is 3.70. The molecule has 21 heteroatoms. The van der Waals surface area contributed by atoms with E-state index in [0.29, 0.717) is 55.7 Å². The third kappa shape index (κ3) is 13.8. The highest BCUT2D eigenvalue weighted by molar-refractivity contribution is 7.86. The molecule has 16 nitrogen and oxygen atoms in total. The second-order valence-corrected chi connectivity index (χ2v) is 20.7. The van der Waals surface area contributed by atoms with E-state index in [1.165, 1.54) is 12.1 Å². The highest BCUT2D eigenvalue weighted by atomic mass is 32.2. The minimum absolute atomic E-state index is 0.0304. The average Bonchev–Trinajstić information content (AvgIpc) is 3.53. The molecule has 2 aliphatic rings. The predicted molar refractivity (Wildman–Crippen MR) is 236 cm³/mol. The summed E-state index contributed by atoms with van der Waals surface area (Å²) in [6, 6.07) is 10.5. The minimum Gasteiger partial charge on any atom is -0.360 e. The molecule has 2 unspecified atom stereocenters. The van der Waals surface area contributed by atoms with Crippen LogP contribution < -0.4 is 9.79 Å². The van der Waals surface area contributed by atoms with Gasteiger partial charge in [0.25, 0.3) is 30.4 Å². The fraction of sp³-hybridized carbons (Fsp3) is 0.500. The minimum atomic E-state index is -4.58. The van der Waals surface area contributed by atoms with Gasteiger partial charge in [0.15, 0.2) is 5.71 Å². The van der Waals surface area contributed by atoms with E-state index in [-0.39, 0.29) is 42.9 Å². The number of aryl methyl sites for hydroxylation is 1. The lowest BCUT2D eigenvalue weighted by molar-refractivity contribution is -0.438. The second kappa shape index (κ2) is 21.9. The van der Waals surface area contributed by atoms with Crippen LogP contribution in [0.1, 0.15) is 94.7 Å². The molecule has 0 bridgehead atoms. The van der Waals surface area contributed by atoms with E-state index < -0.39 is 61.6 Å². The van der Waals surface area contributed by atoms with Crippen LogP contribution >= 0.6 is 21.5 Å². The van der Waals surface area contributed by atoms with Crippen LogP contribution in [-0.4, -0.2) is 86.4 Å². The lowest BCUT2D eigenvalue weighted by Gasteiger charge is -2.30. The lowest BCUT2D eigenvalue weighted by atomic mass is 9.75. The first kappa shape index (κ1) is 50.3. The molecule has 0 fully saturated rings. The maximum absolute atomic E-state index is 12.2. The molecule has 4 rings (SSSR count). The molecule has 0 aromatic heterocycles. The van der Waals surface area contributed by atoms with Crippen LogP contribution in [0.3, 0.4) is 0 Å². The molecule has 2 aromatic carbocycles. The number of nitrogens with one attached hydrogen (secondary N) is 1. The van der Waals surface area contributed by atoms with Gasteiger partial charge < -0.3 is 9.74 Å². The zero-order valence-electron chi connectivity index (χ0n) is 34.4. The molecule has 2 aliphatic heterocycles. The number of carbonyl (C=O) groups excluding carboxylic acids is 1. The Bertz CT molecular complexity index is 2390. The number of fused-ring (bicyclic) bond motifs is 2. The van der Waals surface area contributed by atoms with Crippen LogP contribution in [0.15, 0.2) is 77.4 Å². The lowest BCUT2D eigenvalue weighted by Crippen LogP contribution is -2.31. The summed E-state index contributed by atoms with van der Waals surface area (Å²) in [6.45, 7) is 6.96. The van der Waals surface area contributed by atoms with Gasteiger partial charge in [-0.2, -0.15) is 29.8 Å². The Morgan fingerprint density at radius 3 is 2.21 bits per heavy atom. The SMILES string of the molecule is Cc1ccc2c(c1)C(C)(CCCCS(=O)(=O)O)C(/C=C/C=C/C=C1\N(CCCCS(=O)(=O)O)c3ccc(S(=O)(=O)O)cc3C1(C)CCOP=O)=[N+]2CCCCCC(=O)ONS. The standard InChI is InChI=1S/C40H54N3O13PS4/c1-30-17-19-34-32(28-30)39(2,21-9-12-26-59(46,47)48)36(42(34)23-10-5-8-16-38(44)56-41-58)14-6-4-7-15-37-40(3,22-25-55-57-45)33-29-31(61(52,53)54)18-20-35(33)43(37)24-11-13-27-60(49,50)51/h4,6-7,14-15,17-20,28-29,41,58H,5,8-13,16,21-27H2,1-3H3,(H2-,46,47,48,49,50,51,52,53,54)/p+1. The van der Waals surface area contributed by atoms with Crippen molar-refractivity contribution >= 4 is 74.9 Å². The highest BCUT2D eigenvalue weighted by Gasteiger charge is 2.47. The summed E-state index contributed by atoms with van der Waals surface area (Å²) in [6.07, 6.45) is 13.9. The van der Waals surface area contributed by atoms with Crippen LogP contribution in [0.25, 0.3) is 0 Å². The fourth-order valence-corrected chi connectivity index (χ4v) is 10.1. The molecular formula is C40H55N3O13PS4+. The van der Waals surface area contributed by atoms with Crippen molar-refractivity contribution in [3.8, 4) is 0 Å². The zero-order valence-corrected chi connectivity index (χ0v) is 38.6. The Labute approximate surface area is 366 Å². The maximum atomic E-state index is 12.2. The molecule has 4 N–H and O–H groups in total. The quantitative estimate of drug-likeness (QED) is 0.0126. The van der Waals surface area contributed by atoms with E-state index in [1.54, 1.807) is 6.07 Å². The van der Waals surface area contributed by atoms with E-state index >= 15 is 0 Å². The van der Waals surface area contributed by atoms with Gasteiger partial charge in [-0.1, -0.05) is 54.0 Å². The molecule has 0 saturated carbocycles. The second-order valence-electron chi connectivity index (χ2n) is 15.6. The van der Waals surface area contributed by atoms with Crippen molar-refractivity contribution in [2.45, 2.75) is 101 Å². The van der Waals surface area contributed by atoms with Crippen molar-refractivity contribution in [1.29, 1.82) is 0 Å². The number of carbonyl (C=O) groups is 1. The number of nitrogens with zero attached hydrogens (tertiary/aromatic N) is 2. The van der Waals surface area contributed by atoms with Gasteiger partial charge in [0.05, 0.1) is 28.4 Å². The molecule has 0 radical (unpaired) electrons. The summed E-state index contributed by atoms with van der Waals surface area (Å²) < 4.78 is 118. The van der Waals surface area contributed by atoms with Gasteiger partial charge in [-0.05, 0) is 102 Å². The average molecular weight is 945 g/mol. The first-order valence-electron chi connectivity index (χ1n) is 19.8.